The Kier molecular flexibility index (Phi) is 4.78. The number of hydrogen-bond donors (Lipinski definition) is 0. The summed E-state index contributed by atoms with van der Waals surface area (Å²) in [4.78, 5) is 14.4. The molecule has 1 aromatic carbocycles. The topological polar surface area (TPSA) is 38.8 Å². The minimum atomic E-state index is -0.313. The monoisotopic (exact) mass is 347 g/mol. The number of piperidine rings is 1. The van der Waals surface area contributed by atoms with Crippen LogP contribution in [0.4, 0.5) is 4.39 Å². The van der Waals surface area contributed by atoms with E-state index in [1.807, 2.05) is 4.90 Å². The number of ether oxygens (including phenoxy) is 2. The van der Waals surface area contributed by atoms with Crippen LogP contribution in [0.1, 0.15) is 42.5 Å². The second kappa shape index (κ2) is 7.04. The highest BCUT2D eigenvalue weighted by molar-refractivity contribution is 5.94. The summed E-state index contributed by atoms with van der Waals surface area (Å²) in [5.41, 5.74) is 0.763. The number of amides is 1. The summed E-state index contributed by atoms with van der Waals surface area (Å²) in [5, 5.41) is 0. The second-order valence-electron chi connectivity index (χ2n) is 7.92. The van der Waals surface area contributed by atoms with Crippen LogP contribution in [0.15, 0.2) is 24.3 Å². The van der Waals surface area contributed by atoms with Crippen molar-refractivity contribution in [2.24, 2.45) is 11.3 Å². The molecule has 4 rings (SSSR count). The third-order valence-corrected chi connectivity index (χ3v) is 5.84. The first-order valence-electron chi connectivity index (χ1n) is 9.38. The van der Waals surface area contributed by atoms with Crippen molar-refractivity contribution < 1.29 is 18.7 Å². The first-order valence-corrected chi connectivity index (χ1v) is 9.38. The summed E-state index contributed by atoms with van der Waals surface area (Å²) in [6, 6.07) is 5.81. The van der Waals surface area contributed by atoms with Crippen molar-refractivity contribution in [2.45, 2.75) is 38.2 Å². The molecule has 0 unspecified atom stereocenters. The van der Waals surface area contributed by atoms with E-state index in [0.717, 1.165) is 51.5 Å². The maximum absolute atomic E-state index is 13.0. The molecular formula is C20H26FNO3. The van der Waals surface area contributed by atoms with Crippen LogP contribution in [-0.4, -0.2) is 49.8 Å². The van der Waals surface area contributed by atoms with E-state index in [-0.39, 0.29) is 23.2 Å². The van der Waals surface area contributed by atoms with E-state index >= 15 is 0 Å². The Morgan fingerprint density at radius 1 is 1.20 bits per heavy atom. The molecule has 0 N–H and O–H groups in total. The molecule has 3 aliphatic rings. The summed E-state index contributed by atoms with van der Waals surface area (Å²) in [6.45, 7) is 3.86. The number of halogens is 1. The van der Waals surface area contributed by atoms with Crippen molar-refractivity contribution in [1.82, 2.24) is 4.90 Å². The van der Waals surface area contributed by atoms with Crippen LogP contribution in [-0.2, 0) is 9.47 Å². The molecular weight excluding hydrogens is 321 g/mol. The van der Waals surface area contributed by atoms with Gasteiger partial charge in [-0.3, -0.25) is 4.79 Å². The van der Waals surface area contributed by atoms with E-state index in [4.69, 9.17) is 9.47 Å². The summed E-state index contributed by atoms with van der Waals surface area (Å²) >= 11 is 0. The zero-order chi connectivity index (χ0) is 17.3. The highest BCUT2D eigenvalue weighted by Crippen LogP contribution is 2.42. The van der Waals surface area contributed by atoms with Gasteiger partial charge in [0.1, 0.15) is 5.82 Å². The third-order valence-electron chi connectivity index (χ3n) is 5.84. The molecule has 2 aliphatic heterocycles. The predicted octanol–water partition coefficient (Wildman–Crippen LogP) is 3.26. The Labute approximate surface area is 148 Å². The van der Waals surface area contributed by atoms with E-state index in [0.29, 0.717) is 12.2 Å². The smallest absolute Gasteiger partial charge is 0.253 e. The lowest BCUT2D eigenvalue weighted by Gasteiger charge is -2.38. The van der Waals surface area contributed by atoms with Gasteiger partial charge in [0.05, 0.1) is 19.3 Å². The highest BCUT2D eigenvalue weighted by atomic mass is 19.1. The minimum Gasteiger partial charge on any atom is -0.378 e. The Balaban J connectivity index is 1.26. The molecule has 2 saturated heterocycles. The number of nitrogens with zero attached hydrogens (tertiary/aromatic N) is 1. The van der Waals surface area contributed by atoms with Crippen molar-refractivity contribution in [1.29, 1.82) is 0 Å². The van der Waals surface area contributed by atoms with Crippen LogP contribution >= 0.6 is 0 Å². The summed E-state index contributed by atoms with van der Waals surface area (Å²) in [6.07, 6.45) is 5.81. The lowest BCUT2D eigenvalue weighted by atomic mass is 9.76. The van der Waals surface area contributed by atoms with Crippen LogP contribution in [0, 0.1) is 17.2 Å². The lowest BCUT2D eigenvalue weighted by Crippen LogP contribution is -2.43. The first-order chi connectivity index (χ1) is 12.1. The minimum absolute atomic E-state index is 0.00178. The Morgan fingerprint density at radius 3 is 2.60 bits per heavy atom. The maximum Gasteiger partial charge on any atom is 0.253 e. The lowest BCUT2D eigenvalue weighted by molar-refractivity contribution is 0.00938. The molecule has 1 spiro atoms. The molecule has 0 radical (unpaired) electrons. The average molecular weight is 347 g/mol. The van der Waals surface area contributed by atoms with Gasteiger partial charge in [-0.15, -0.1) is 0 Å². The van der Waals surface area contributed by atoms with Crippen molar-refractivity contribution in [3.8, 4) is 0 Å². The Hall–Kier alpha value is -1.46. The molecule has 1 aromatic rings. The fraction of sp³-hybridized carbons (Fsp3) is 0.650. The van der Waals surface area contributed by atoms with Gasteiger partial charge in [-0.2, -0.15) is 0 Å². The van der Waals surface area contributed by atoms with Gasteiger partial charge < -0.3 is 14.4 Å². The van der Waals surface area contributed by atoms with Gasteiger partial charge in [0, 0.05) is 25.3 Å². The summed E-state index contributed by atoms with van der Waals surface area (Å²) in [7, 11) is 0. The molecule has 0 bridgehead atoms. The van der Waals surface area contributed by atoms with Crippen LogP contribution in [0.25, 0.3) is 0 Å². The number of benzene rings is 1. The first kappa shape index (κ1) is 17.0. The van der Waals surface area contributed by atoms with Crippen LogP contribution in [0.5, 0.6) is 0 Å². The fourth-order valence-electron chi connectivity index (χ4n) is 3.96. The number of carbonyl (C=O) groups is 1. The molecule has 3 fully saturated rings. The number of hydrogen-bond acceptors (Lipinski definition) is 3. The normalized spacial score (nSPS) is 25.5. The molecule has 1 atom stereocenters. The number of likely N-dealkylation sites (tertiary alicyclic amines) is 1. The SMILES string of the molecule is O=C(c1ccc(F)cc1)N1CCC2(CC1)CO[C@H](COCC1CC1)C2. The summed E-state index contributed by atoms with van der Waals surface area (Å²) in [5.74, 6) is 0.473. The van der Waals surface area contributed by atoms with E-state index in [1.54, 1.807) is 12.1 Å². The fourth-order valence-corrected chi connectivity index (χ4v) is 3.96. The quantitative estimate of drug-likeness (QED) is 0.821. The van der Waals surface area contributed by atoms with Crippen molar-refractivity contribution in [2.75, 3.05) is 32.9 Å². The zero-order valence-corrected chi connectivity index (χ0v) is 14.6. The van der Waals surface area contributed by atoms with Gasteiger partial charge in [-0.25, -0.2) is 4.39 Å². The number of rotatable bonds is 5. The van der Waals surface area contributed by atoms with Crippen LogP contribution in [0.3, 0.4) is 0 Å². The van der Waals surface area contributed by atoms with Gasteiger partial charge in [0.15, 0.2) is 0 Å². The van der Waals surface area contributed by atoms with Crippen LogP contribution in [0.2, 0.25) is 0 Å². The number of carbonyl (C=O) groups excluding carboxylic acids is 1. The zero-order valence-electron chi connectivity index (χ0n) is 14.6. The molecule has 136 valence electrons. The third kappa shape index (κ3) is 4.04. The molecule has 4 nitrogen and oxygen atoms in total. The molecule has 25 heavy (non-hydrogen) atoms. The van der Waals surface area contributed by atoms with Gasteiger partial charge in [-0.05, 0) is 67.7 Å². The molecule has 2 heterocycles. The van der Waals surface area contributed by atoms with Crippen molar-refractivity contribution in [3.05, 3.63) is 35.6 Å². The Bertz CT molecular complexity index is 606. The molecule has 0 aromatic heterocycles. The Morgan fingerprint density at radius 2 is 1.92 bits per heavy atom. The van der Waals surface area contributed by atoms with E-state index in [1.165, 1.54) is 25.0 Å². The van der Waals surface area contributed by atoms with E-state index in [9.17, 15) is 9.18 Å². The molecule has 1 saturated carbocycles. The molecule has 1 aliphatic carbocycles. The largest absolute Gasteiger partial charge is 0.378 e. The standard InChI is InChI=1S/C20H26FNO3/c21-17-5-3-16(4-6-17)19(23)22-9-7-20(8-10-22)11-18(25-14-20)13-24-12-15-1-2-15/h3-6,15,18H,1-2,7-14H2/t18-/m0/s1. The van der Waals surface area contributed by atoms with Crippen molar-refractivity contribution >= 4 is 5.91 Å². The van der Waals surface area contributed by atoms with E-state index < -0.39 is 0 Å². The van der Waals surface area contributed by atoms with Gasteiger partial charge in [0.2, 0.25) is 0 Å². The van der Waals surface area contributed by atoms with E-state index in [2.05, 4.69) is 0 Å². The summed E-state index contributed by atoms with van der Waals surface area (Å²) < 4.78 is 24.8. The van der Waals surface area contributed by atoms with Gasteiger partial charge in [0.25, 0.3) is 5.91 Å². The molecule has 1 amide bonds. The molecule has 5 heteroatoms. The average Bonchev–Trinajstić information content (AvgIpc) is 3.37. The highest BCUT2D eigenvalue weighted by Gasteiger charge is 2.43. The van der Waals surface area contributed by atoms with Gasteiger partial charge in [-0.1, -0.05) is 0 Å². The maximum atomic E-state index is 13.0. The second-order valence-corrected chi connectivity index (χ2v) is 7.92. The predicted molar refractivity (Wildman–Crippen MR) is 91.9 cm³/mol. The van der Waals surface area contributed by atoms with Gasteiger partial charge >= 0.3 is 0 Å². The van der Waals surface area contributed by atoms with Crippen LogP contribution < -0.4 is 0 Å². The van der Waals surface area contributed by atoms with Crippen molar-refractivity contribution in [3.63, 3.8) is 0 Å².